The van der Waals surface area contributed by atoms with Gasteiger partial charge in [0.2, 0.25) is 0 Å². The Morgan fingerprint density at radius 2 is 2.40 bits per heavy atom. The van der Waals surface area contributed by atoms with Crippen molar-refractivity contribution in [1.29, 1.82) is 0 Å². The average Bonchev–Trinajstić information content (AvgIpc) is 2.82. The molecule has 0 aromatic carbocycles. The smallest absolute Gasteiger partial charge is 0.181 e. The fourth-order valence-electron chi connectivity index (χ4n) is 1.31. The van der Waals surface area contributed by atoms with E-state index in [1.165, 1.54) is 6.39 Å². The van der Waals surface area contributed by atoms with Crippen molar-refractivity contribution in [2.24, 2.45) is 0 Å². The molecule has 0 atom stereocenters. The summed E-state index contributed by atoms with van der Waals surface area (Å²) >= 11 is 1.62. The van der Waals surface area contributed by atoms with Gasteiger partial charge in [0.05, 0.1) is 5.01 Å². The molecule has 0 amide bonds. The van der Waals surface area contributed by atoms with Crippen LogP contribution in [0.25, 0.3) is 11.5 Å². The first-order valence-electron chi connectivity index (χ1n) is 4.87. The summed E-state index contributed by atoms with van der Waals surface area (Å²) < 4.78 is 5.35. The average molecular weight is 223 g/mol. The maximum Gasteiger partial charge on any atom is 0.181 e. The van der Waals surface area contributed by atoms with Crippen molar-refractivity contribution in [2.75, 3.05) is 6.54 Å². The molecule has 2 heterocycles. The summed E-state index contributed by atoms with van der Waals surface area (Å²) in [6, 6.07) is 0. The van der Waals surface area contributed by atoms with Gasteiger partial charge in [-0.05, 0) is 13.5 Å². The Labute approximate surface area is 92.4 Å². The highest BCUT2D eigenvalue weighted by atomic mass is 32.1. The highest BCUT2D eigenvalue weighted by molar-refractivity contribution is 7.09. The van der Waals surface area contributed by atoms with Crippen LogP contribution in [0.4, 0.5) is 0 Å². The molecule has 2 aromatic heterocycles. The Kier molecular flexibility index (Phi) is 3.13. The number of hydrogen-bond donors (Lipinski definition) is 1. The van der Waals surface area contributed by atoms with Crippen LogP contribution < -0.4 is 5.32 Å². The third-order valence-electron chi connectivity index (χ3n) is 2.04. The fraction of sp³-hybridized carbons (Fsp3) is 0.400. The van der Waals surface area contributed by atoms with Gasteiger partial charge in [0.25, 0.3) is 0 Å². The largest absolute Gasteiger partial charge is 0.441 e. The minimum Gasteiger partial charge on any atom is -0.441 e. The lowest BCUT2D eigenvalue weighted by Crippen LogP contribution is -2.12. The Balaban J connectivity index is 2.24. The van der Waals surface area contributed by atoms with Crippen LogP contribution in [0.15, 0.2) is 16.2 Å². The number of hydrogen-bond acceptors (Lipinski definition) is 5. The predicted octanol–water partition coefficient (Wildman–Crippen LogP) is 2.22. The van der Waals surface area contributed by atoms with E-state index in [9.17, 15) is 0 Å². The number of thiazole rings is 1. The molecule has 2 aromatic rings. The van der Waals surface area contributed by atoms with E-state index in [2.05, 4.69) is 22.2 Å². The highest BCUT2D eigenvalue weighted by Crippen LogP contribution is 2.24. The van der Waals surface area contributed by atoms with Gasteiger partial charge in [-0.2, -0.15) is 0 Å². The second kappa shape index (κ2) is 4.55. The SMILES string of the molecule is CCNCc1ncoc1-c1csc(C)n1. The second-order valence-electron chi connectivity index (χ2n) is 3.16. The molecule has 0 unspecified atom stereocenters. The van der Waals surface area contributed by atoms with Gasteiger partial charge in [0, 0.05) is 11.9 Å². The number of nitrogens with one attached hydrogen (secondary N) is 1. The van der Waals surface area contributed by atoms with E-state index in [0.29, 0.717) is 0 Å². The van der Waals surface area contributed by atoms with E-state index in [-0.39, 0.29) is 0 Å². The molecule has 5 heteroatoms. The molecule has 1 N–H and O–H groups in total. The Bertz CT molecular complexity index is 435. The molecule has 0 aliphatic rings. The summed E-state index contributed by atoms with van der Waals surface area (Å²) in [6.45, 7) is 5.68. The third-order valence-corrected chi connectivity index (χ3v) is 2.81. The molecule has 0 saturated heterocycles. The highest BCUT2D eigenvalue weighted by Gasteiger charge is 2.12. The quantitative estimate of drug-likeness (QED) is 0.863. The fourth-order valence-corrected chi connectivity index (χ4v) is 1.91. The lowest BCUT2D eigenvalue weighted by atomic mass is 10.3. The van der Waals surface area contributed by atoms with Crippen molar-refractivity contribution >= 4 is 11.3 Å². The number of aryl methyl sites for hydroxylation is 1. The van der Waals surface area contributed by atoms with E-state index in [0.717, 1.165) is 35.2 Å². The van der Waals surface area contributed by atoms with Gasteiger partial charge in [-0.15, -0.1) is 11.3 Å². The number of rotatable bonds is 4. The van der Waals surface area contributed by atoms with Crippen molar-refractivity contribution in [3.63, 3.8) is 0 Å². The van der Waals surface area contributed by atoms with E-state index >= 15 is 0 Å². The van der Waals surface area contributed by atoms with Crippen LogP contribution in [0.2, 0.25) is 0 Å². The van der Waals surface area contributed by atoms with Gasteiger partial charge in [0.1, 0.15) is 11.4 Å². The van der Waals surface area contributed by atoms with Crippen LogP contribution >= 0.6 is 11.3 Å². The first-order chi connectivity index (χ1) is 7.31. The van der Waals surface area contributed by atoms with E-state index in [1.54, 1.807) is 11.3 Å². The first-order valence-corrected chi connectivity index (χ1v) is 5.74. The van der Waals surface area contributed by atoms with Crippen molar-refractivity contribution in [3.8, 4) is 11.5 Å². The number of aromatic nitrogens is 2. The van der Waals surface area contributed by atoms with Crippen LogP contribution in [0.3, 0.4) is 0 Å². The molecule has 4 nitrogen and oxygen atoms in total. The monoisotopic (exact) mass is 223 g/mol. The Morgan fingerprint density at radius 3 is 3.07 bits per heavy atom. The van der Waals surface area contributed by atoms with Crippen LogP contribution in [0.5, 0.6) is 0 Å². The normalized spacial score (nSPS) is 10.8. The molecule has 0 spiro atoms. The van der Waals surface area contributed by atoms with E-state index < -0.39 is 0 Å². The molecule has 2 rings (SSSR count). The molecular weight excluding hydrogens is 210 g/mol. The Hall–Kier alpha value is -1.20. The van der Waals surface area contributed by atoms with Gasteiger partial charge in [0.15, 0.2) is 12.2 Å². The summed E-state index contributed by atoms with van der Waals surface area (Å²) in [4.78, 5) is 8.55. The van der Waals surface area contributed by atoms with Gasteiger partial charge >= 0.3 is 0 Å². The summed E-state index contributed by atoms with van der Waals surface area (Å²) in [6.07, 6.45) is 1.47. The lowest BCUT2D eigenvalue weighted by Gasteiger charge is -1.98. The van der Waals surface area contributed by atoms with E-state index in [1.807, 2.05) is 12.3 Å². The summed E-state index contributed by atoms with van der Waals surface area (Å²) in [5.74, 6) is 0.778. The van der Waals surface area contributed by atoms with Crippen molar-refractivity contribution < 1.29 is 4.42 Å². The molecular formula is C10H13N3OS. The zero-order valence-corrected chi connectivity index (χ0v) is 9.60. The van der Waals surface area contributed by atoms with Gasteiger partial charge < -0.3 is 9.73 Å². The topological polar surface area (TPSA) is 51.0 Å². The minimum atomic E-state index is 0.721. The molecule has 0 aliphatic heterocycles. The standard InChI is InChI=1S/C10H13N3OS/c1-3-11-4-8-10(14-6-12-8)9-5-15-7(2)13-9/h5-6,11H,3-4H2,1-2H3. The maximum atomic E-state index is 5.35. The van der Waals surface area contributed by atoms with Crippen LogP contribution in [-0.4, -0.2) is 16.5 Å². The van der Waals surface area contributed by atoms with Gasteiger partial charge in [-0.25, -0.2) is 9.97 Å². The van der Waals surface area contributed by atoms with Crippen molar-refractivity contribution in [2.45, 2.75) is 20.4 Å². The van der Waals surface area contributed by atoms with E-state index in [4.69, 9.17) is 4.42 Å². The number of oxazole rings is 1. The Morgan fingerprint density at radius 1 is 1.53 bits per heavy atom. The molecule has 0 radical (unpaired) electrons. The molecule has 0 fully saturated rings. The molecule has 0 aliphatic carbocycles. The molecule has 0 bridgehead atoms. The van der Waals surface area contributed by atoms with Crippen molar-refractivity contribution in [1.82, 2.24) is 15.3 Å². The second-order valence-corrected chi connectivity index (χ2v) is 4.22. The third kappa shape index (κ3) is 2.24. The summed E-state index contributed by atoms with van der Waals surface area (Å²) in [7, 11) is 0. The number of nitrogens with zero attached hydrogens (tertiary/aromatic N) is 2. The van der Waals surface area contributed by atoms with Crippen LogP contribution in [0.1, 0.15) is 17.6 Å². The molecule has 80 valence electrons. The molecule has 0 saturated carbocycles. The summed E-state index contributed by atoms with van der Waals surface area (Å²) in [5, 5.41) is 6.25. The van der Waals surface area contributed by atoms with Gasteiger partial charge in [-0.3, -0.25) is 0 Å². The predicted molar refractivity (Wildman–Crippen MR) is 59.7 cm³/mol. The lowest BCUT2D eigenvalue weighted by molar-refractivity contribution is 0.568. The van der Waals surface area contributed by atoms with Crippen LogP contribution in [-0.2, 0) is 6.54 Å². The first kappa shape index (κ1) is 10.3. The molecule has 15 heavy (non-hydrogen) atoms. The zero-order chi connectivity index (χ0) is 10.7. The summed E-state index contributed by atoms with van der Waals surface area (Å²) in [5.41, 5.74) is 1.80. The van der Waals surface area contributed by atoms with Gasteiger partial charge in [-0.1, -0.05) is 6.92 Å². The van der Waals surface area contributed by atoms with Crippen LogP contribution in [0, 0.1) is 6.92 Å². The minimum absolute atomic E-state index is 0.721. The van der Waals surface area contributed by atoms with Crippen molar-refractivity contribution in [3.05, 3.63) is 22.5 Å². The maximum absolute atomic E-state index is 5.35. The zero-order valence-electron chi connectivity index (χ0n) is 8.78.